The summed E-state index contributed by atoms with van der Waals surface area (Å²) in [5.74, 6) is 0. The van der Waals surface area contributed by atoms with Gasteiger partial charge in [-0.15, -0.1) is 12.4 Å². The minimum absolute atomic E-state index is 0. The molecule has 0 aliphatic carbocycles. The molecule has 7 nitrogen and oxygen atoms in total. The molecule has 2 heterocycles. The van der Waals surface area contributed by atoms with E-state index in [2.05, 4.69) is 9.97 Å². The van der Waals surface area contributed by atoms with Crippen LogP contribution in [0.25, 0.3) is 22.2 Å². The van der Waals surface area contributed by atoms with Crippen LogP contribution in [0.15, 0.2) is 53.5 Å². The molecule has 0 aliphatic heterocycles. The lowest BCUT2D eigenvalue weighted by Gasteiger charge is -2.22. The van der Waals surface area contributed by atoms with Crippen LogP contribution in [0, 0.1) is 0 Å². The van der Waals surface area contributed by atoms with E-state index in [1.54, 1.807) is 19.2 Å². The lowest BCUT2D eigenvalue weighted by molar-refractivity contribution is 0.399. The summed E-state index contributed by atoms with van der Waals surface area (Å²) >= 11 is 0. The Morgan fingerprint density at radius 2 is 1.77 bits per heavy atom. The standard InChI is InChI=1S/C17H18N4O3S.ClH/c1-11(21(2)25(18,23)24)12-3-5-13(6-4-12)14-9-10-19-17-15(14)7-8-16(22)20-17;/h3-11H,1-2H3,(H2,18,23,24)(H,19,20,22);1H/t11-;/m1./s1. The first-order chi connectivity index (χ1) is 11.8. The van der Waals surface area contributed by atoms with Crippen LogP contribution in [0.1, 0.15) is 18.5 Å². The Kier molecular flexibility index (Phi) is 5.82. The Hall–Kier alpha value is -2.26. The molecule has 0 spiro atoms. The van der Waals surface area contributed by atoms with Gasteiger partial charge < -0.3 is 4.98 Å². The Balaban J connectivity index is 0.00000243. The summed E-state index contributed by atoms with van der Waals surface area (Å²) in [5, 5.41) is 6.01. The monoisotopic (exact) mass is 394 g/mol. The van der Waals surface area contributed by atoms with Crippen LogP contribution >= 0.6 is 12.4 Å². The highest BCUT2D eigenvalue weighted by molar-refractivity contribution is 7.86. The number of aromatic nitrogens is 2. The third kappa shape index (κ3) is 3.94. The van der Waals surface area contributed by atoms with Gasteiger partial charge in [-0.05, 0) is 35.7 Å². The molecule has 0 aliphatic rings. The summed E-state index contributed by atoms with van der Waals surface area (Å²) in [6.07, 6.45) is 1.64. The van der Waals surface area contributed by atoms with E-state index in [9.17, 15) is 13.2 Å². The molecular weight excluding hydrogens is 376 g/mol. The number of pyridine rings is 2. The SMILES string of the molecule is C[C@H](c1ccc(-c2ccnc3[nH]c(=O)ccc23)cc1)N(C)S(N)(=O)=O.Cl. The van der Waals surface area contributed by atoms with E-state index in [1.807, 2.05) is 30.3 Å². The number of benzene rings is 1. The Bertz CT molecular complexity index is 1080. The van der Waals surface area contributed by atoms with Crippen molar-refractivity contribution in [2.75, 3.05) is 7.05 Å². The number of nitrogens with zero attached hydrogens (tertiary/aromatic N) is 2. The van der Waals surface area contributed by atoms with Crippen molar-refractivity contribution >= 4 is 33.6 Å². The highest BCUT2D eigenvalue weighted by atomic mass is 35.5. The average Bonchev–Trinajstić information content (AvgIpc) is 2.59. The number of fused-ring (bicyclic) bond motifs is 1. The zero-order valence-corrected chi connectivity index (χ0v) is 15.8. The summed E-state index contributed by atoms with van der Waals surface area (Å²) in [6.45, 7) is 1.77. The van der Waals surface area contributed by atoms with Crippen LogP contribution in [0.4, 0.5) is 0 Å². The quantitative estimate of drug-likeness (QED) is 0.706. The van der Waals surface area contributed by atoms with Crippen LogP contribution < -0.4 is 10.7 Å². The minimum atomic E-state index is -3.75. The molecule has 26 heavy (non-hydrogen) atoms. The van der Waals surface area contributed by atoms with E-state index >= 15 is 0 Å². The van der Waals surface area contributed by atoms with Gasteiger partial charge in [0, 0.05) is 30.7 Å². The Morgan fingerprint density at radius 1 is 1.12 bits per heavy atom. The first-order valence-corrected chi connectivity index (χ1v) is 9.12. The molecule has 0 saturated heterocycles. The van der Waals surface area contributed by atoms with Crippen LogP contribution in [0.2, 0.25) is 0 Å². The molecule has 2 aromatic heterocycles. The predicted molar refractivity (Wildman–Crippen MR) is 104 cm³/mol. The van der Waals surface area contributed by atoms with Crippen LogP contribution in [0.5, 0.6) is 0 Å². The maximum absolute atomic E-state index is 11.5. The molecule has 138 valence electrons. The number of nitrogens with two attached hydrogens (primary N) is 1. The molecule has 3 aromatic rings. The molecule has 0 unspecified atom stereocenters. The van der Waals surface area contributed by atoms with Crippen molar-refractivity contribution < 1.29 is 8.42 Å². The number of aromatic amines is 1. The molecule has 0 radical (unpaired) electrons. The fourth-order valence-electron chi connectivity index (χ4n) is 2.68. The molecule has 1 aromatic carbocycles. The summed E-state index contributed by atoms with van der Waals surface area (Å²) in [5.41, 5.74) is 3.02. The highest BCUT2D eigenvalue weighted by Crippen LogP contribution is 2.28. The molecular formula is C17H19ClN4O3S. The summed E-state index contributed by atoms with van der Waals surface area (Å²) < 4.78 is 24.1. The molecule has 0 saturated carbocycles. The van der Waals surface area contributed by atoms with Crippen molar-refractivity contribution in [1.82, 2.24) is 14.3 Å². The number of rotatable bonds is 4. The number of hydrogen-bond donors (Lipinski definition) is 2. The maximum Gasteiger partial charge on any atom is 0.277 e. The third-order valence-corrected chi connectivity index (χ3v) is 5.40. The zero-order valence-electron chi connectivity index (χ0n) is 14.2. The highest BCUT2D eigenvalue weighted by Gasteiger charge is 2.20. The maximum atomic E-state index is 11.5. The van der Waals surface area contributed by atoms with Gasteiger partial charge in [-0.2, -0.15) is 12.7 Å². The van der Waals surface area contributed by atoms with Gasteiger partial charge in [-0.3, -0.25) is 4.79 Å². The normalized spacial score (nSPS) is 12.8. The van der Waals surface area contributed by atoms with Crippen LogP contribution in [-0.4, -0.2) is 29.7 Å². The van der Waals surface area contributed by atoms with Crippen LogP contribution in [0.3, 0.4) is 0 Å². The number of nitrogens with one attached hydrogen (secondary N) is 1. The van der Waals surface area contributed by atoms with Gasteiger partial charge in [0.1, 0.15) is 5.65 Å². The molecule has 0 fully saturated rings. The second-order valence-corrected chi connectivity index (χ2v) is 7.41. The molecule has 1 atom stereocenters. The van der Waals surface area contributed by atoms with Gasteiger partial charge in [0.25, 0.3) is 10.2 Å². The molecule has 0 amide bonds. The van der Waals surface area contributed by atoms with Crippen LogP contribution in [-0.2, 0) is 10.2 Å². The summed E-state index contributed by atoms with van der Waals surface area (Å²) in [4.78, 5) is 18.3. The molecule has 0 bridgehead atoms. The van der Waals surface area contributed by atoms with Crippen molar-refractivity contribution in [2.24, 2.45) is 5.14 Å². The summed E-state index contributed by atoms with van der Waals surface area (Å²) in [6, 6.07) is 12.2. The third-order valence-electron chi connectivity index (χ3n) is 4.28. The average molecular weight is 395 g/mol. The second kappa shape index (κ2) is 7.55. The van der Waals surface area contributed by atoms with E-state index in [0.29, 0.717) is 5.65 Å². The van der Waals surface area contributed by atoms with Crippen molar-refractivity contribution in [2.45, 2.75) is 13.0 Å². The van der Waals surface area contributed by atoms with Crippen molar-refractivity contribution in [1.29, 1.82) is 0 Å². The fraction of sp³-hybridized carbons (Fsp3) is 0.176. The Labute approximate surface area is 157 Å². The Morgan fingerprint density at radius 3 is 2.38 bits per heavy atom. The fourth-order valence-corrected chi connectivity index (χ4v) is 3.24. The van der Waals surface area contributed by atoms with Gasteiger partial charge in [-0.25, -0.2) is 10.1 Å². The number of H-pyrrole nitrogens is 1. The first-order valence-electron chi connectivity index (χ1n) is 7.61. The first kappa shape index (κ1) is 20.1. The van der Waals surface area contributed by atoms with E-state index < -0.39 is 10.2 Å². The zero-order chi connectivity index (χ0) is 18.2. The lowest BCUT2D eigenvalue weighted by Crippen LogP contribution is -2.35. The smallest absolute Gasteiger partial charge is 0.277 e. The predicted octanol–water partition coefficient (Wildman–Crippen LogP) is 2.21. The second-order valence-electron chi connectivity index (χ2n) is 5.80. The molecule has 9 heteroatoms. The van der Waals surface area contributed by atoms with Crippen molar-refractivity contribution in [3.63, 3.8) is 0 Å². The largest absolute Gasteiger partial charge is 0.307 e. The van der Waals surface area contributed by atoms with Gasteiger partial charge in [0.2, 0.25) is 5.56 Å². The number of halogens is 1. The van der Waals surface area contributed by atoms with Crippen molar-refractivity contribution in [3.05, 3.63) is 64.6 Å². The van der Waals surface area contributed by atoms with E-state index in [-0.39, 0.29) is 24.0 Å². The van der Waals surface area contributed by atoms with Gasteiger partial charge in [-0.1, -0.05) is 24.3 Å². The van der Waals surface area contributed by atoms with Gasteiger partial charge in [0.05, 0.1) is 0 Å². The number of hydrogen-bond acceptors (Lipinski definition) is 4. The molecule has 3 rings (SSSR count). The van der Waals surface area contributed by atoms with E-state index in [1.165, 1.54) is 13.1 Å². The minimum Gasteiger partial charge on any atom is -0.307 e. The van der Waals surface area contributed by atoms with Gasteiger partial charge in [0.15, 0.2) is 0 Å². The van der Waals surface area contributed by atoms with Gasteiger partial charge >= 0.3 is 0 Å². The topological polar surface area (TPSA) is 109 Å². The van der Waals surface area contributed by atoms with E-state index in [4.69, 9.17) is 5.14 Å². The summed E-state index contributed by atoms with van der Waals surface area (Å²) in [7, 11) is -2.31. The van der Waals surface area contributed by atoms with Crippen molar-refractivity contribution in [3.8, 4) is 11.1 Å². The molecule has 3 N–H and O–H groups in total. The lowest BCUT2D eigenvalue weighted by atomic mass is 10.00. The van der Waals surface area contributed by atoms with E-state index in [0.717, 1.165) is 26.4 Å².